The molecule has 0 saturated heterocycles. The van der Waals surface area contributed by atoms with Gasteiger partial charge in [0.1, 0.15) is 0 Å². The fraction of sp³-hybridized carbons (Fsp3) is 0.0517. The van der Waals surface area contributed by atoms with Gasteiger partial charge in [-0.15, -0.1) is 0 Å². The number of hydrogen-bond donors (Lipinski definition) is 2. The van der Waals surface area contributed by atoms with Gasteiger partial charge < -0.3 is 14.2 Å². The maximum absolute atomic E-state index is 14.6. The average Bonchev–Trinajstić information content (AvgIpc) is 1.51. The summed E-state index contributed by atoms with van der Waals surface area (Å²) in [6.07, 6.45) is -7.23. The topological polar surface area (TPSA) is 161 Å². The molecule has 2 heterocycles. The number of halogens is 9. The molecule has 3 aliphatic carbocycles. The zero-order valence-electron chi connectivity index (χ0n) is 72.8. The van der Waals surface area contributed by atoms with Crippen LogP contribution in [-0.2, 0) is 20.9 Å². The fourth-order valence-electron chi connectivity index (χ4n) is 19.5. The molecule has 0 unspecified atom stereocenters. The van der Waals surface area contributed by atoms with E-state index >= 15 is 0 Å². The second kappa shape index (κ2) is 35.1. The van der Waals surface area contributed by atoms with Crippen molar-refractivity contribution in [2.24, 2.45) is 0 Å². The van der Waals surface area contributed by atoms with Crippen LogP contribution in [0.3, 0.4) is 0 Å². The molecule has 0 fully saturated rings. The molecular formula is C116H74BF9N6O5S. The van der Waals surface area contributed by atoms with Crippen LogP contribution in [0.4, 0.5) is 39.5 Å². The minimum Gasteiger partial charge on any atom is -0.423 e. The van der Waals surface area contributed by atoms with Crippen LogP contribution >= 0.6 is 0 Å². The van der Waals surface area contributed by atoms with E-state index in [1.54, 1.807) is 60.7 Å². The number of alkyl halides is 9. The Bertz CT molecular complexity index is 7970. The monoisotopic (exact) mass is 1840 g/mol. The third-order valence-corrected chi connectivity index (χ3v) is 27.1. The molecule has 0 atom stereocenters. The van der Waals surface area contributed by atoms with Crippen LogP contribution in [-0.4, -0.2) is 78.8 Å². The molecule has 1 spiro atoms. The summed E-state index contributed by atoms with van der Waals surface area (Å²) in [5.41, 5.74) is 26.2. The highest BCUT2D eigenvalue weighted by Crippen LogP contribution is 2.64. The van der Waals surface area contributed by atoms with Gasteiger partial charge in [-0.2, -0.15) is 47.9 Å². The lowest BCUT2D eigenvalue weighted by atomic mass is 9.66. The van der Waals surface area contributed by atoms with Crippen molar-refractivity contribution in [2.75, 3.05) is 0 Å². The lowest BCUT2D eigenvalue weighted by molar-refractivity contribution is -0.382. The molecule has 18 aromatic carbocycles. The molecule has 0 radical (unpaired) electrons. The third-order valence-electron chi connectivity index (χ3n) is 25.8. The molecule has 138 heavy (non-hydrogen) atoms. The SMILES string of the molecule is O=S(=O)(Oc1ccc2ccccc2c1-c1ccc(-c2nc(-c3ccccc3)nc(-c3ccccc3)n2)cc1)C(F)(F)C(F)(F)C(F)(F)C(F)(F)F.OB(O)c1ccc2c(c1)C(c1ccccc1)(c1ccccc1)c1ccccc1-2.c1ccc(-c2nc(-c3ccccc3)nc(-c3ccc(-c4c(-c5ccc6c(c5)C5(c7ccccc7-c7ccccc75)c5ccccc5-6)ccc5ccccc45)cc3)n2)cc1. The van der Waals surface area contributed by atoms with E-state index in [1.165, 1.54) is 126 Å². The minimum absolute atomic E-state index is 0.0528. The average molecular weight is 1850 g/mol. The number of aromatic nitrogens is 6. The first-order valence-corrected chi connectivity index (χ1v) is 45.6. The Morgan fingerprint density at radius 2 is 0.543 bits per heavy atom. The van der Waals surface area contributed by atoms with Crippen molar-refractivity contribution in [1.82, 2.24) is 29.9 Å². The Balaban J connectivity index is 0.000000131. The van der Waals surface area contributed by atoms with Gasteiger partial charge in [-0.1, -0.05) is 425 Å². The van der Waals surface area contributed by atoms with Crippen LogP contribution in [0.25, 0.3) is 157 Å². The van der Waals surface area contributed by atoms with E-state index in [-0.39, 0.29) is 22.3 Å². The van der Waals surface area contributed by atoms with Gasteiger partial charge in [-0.25, -0.2) is 29.9 Å². The molecule has 3 aliphatic rings. The van der Waals surface area contributed by atoms with Crippen molar-refractivity contribution in [3.8, 4) is 141 Å². The third kappa shape index (κ3) is 15.0. The van der Waals surface area contributed by atoms with E-state index in [0.29, 0.717) is 56.7 Å². The van der Waals surface area contributed by atoms with E-state index in [1.807, 2.05) is 97.1 Å². The molecule has 2 aromatic heterocycles. The van der Waals surface area contributed by atoms with Crippen LogP contribution in [0.1, 0.15) is 44.5 Å². The molecule has 22 heteroatoms. The lowest BCUT2D eigenvalue weighted by Gasteiger charge is -2.34. The van der Waals surface area contributed by atoms with Gasteiger partial charge in [0.05, 0.1) is 10.8 Å². The molecule has 670 valence electrons. The first-order valence-electron chi connectivity index (χ1n) is 44.2. The van der Waals surface area contributed by atoms with Crippen molar-refractivity contribution in [3.63, 3.8) is 0 Å². The number of benzene rings is 18. The van der Waals surface area contributed by atoms with E-state index < -0.39 is 57.1 Å². The summed E-state index contributed by atoms with van der Waals surface area (Å²) in [5, 5.41) is 15.6. The van der Waals surface area contributed by atoms with E-state index in [2.05, 4.69) is 244 Å². The van der Waals surface area contributed by atoms with Crippen molar-refractivity contribution < 1.29 is 62.2 Å². The van der Waals surface area contributed by atoms with Gasteiger partial charge in [0.2, 0.25) is 0 Å². The summed E-state index contributed by atoms with van der Waals surface area (Å²) >= 11 is 0. The summed E-state index contributed by atoms with van der Waals surface area (Å²) in [5.74, 6) is -13.2. The van der Waals surface area contributed by atoms with Crippen LogP contribution < -0.4 is 9.65 Å². The van der Waals surface area contributed by atoms with Crippen molar-refractivity contribution >= 4 is 44.2 Å². The van der Waals surface area contributed by atoms with Crippen molar-refractivity contribution in [3.05, 3.63) is 481 Å². The van der Waals surface area contributed by atoms with Gasteiger partial charge in [-0.3, -0.25) is 0 Å². The van der Waals surface area contributed by atoms with Crippen molar-refractivity contribution in [1.29, 1.82) is 0 Å². The summed E-state index contributed by atoms with van der Waals surface area (Å²) in [4.78, 5) is 28.7. The normalized spacial score (nSPS) is 13.1. The van der Waals surface area contributed by atoms with E-state index in [4.69, 9.17) is 15.0 Å². The van der Waals surface area contributed by atoms with Crippen molar-refractivity contribution in [2.45, 2.75) is 34.1 Å². The molecule has 11 nitrogen and oxygen atoms in total. The molecular weight excluding hydrogens is 1770 g/mol. The molecule has 20 aromatic rings. The quantitative estimate of drug-likeness (QED) is 0.0507. The number of fused-ring (bicyclic) bond motifs is 15. The first kappa shape index (κ1) is 88.2. The highest BCUT2D eigenvalue weighted by molar-refractivity contribution is 7.88. The van der Waals surface area contributed by atoms with Crippen LogP contribution in [0, 0.1) is 0 Å². The highest BCUT2D eigenvalue weighted by Gasteiger charge is 2.86. The Kier molecular flexibility index (Phi) is 22.5. The number of hydrogen-bond acceptors (Lipinski definition) is 11. The van der Waals surface area contributed by atoms with Crippen LogP contribution in [0.2, 0.25) is 0 Å². The smallest absolute Gasteiger partial charge is 0.423 e. The van der Waals surface area contributed by atoms with Gasteiger partial charge in [-0.05, 0) is 145 Å². The van der Waals surface area contributed by atoms with Crippen LogP contribution in [0.15, 0.2) is 437 Å². The van der Waals surface area contributed by atoms with E-state index in [0.717, 1.165) is 56.6 Å². The summed E-state index contributed by atoms with van der Waals surface area (Å²) < 4.78 is 152. The predicted molar refractivity (Wildman–Crippen MR) is 524 cm³/mol. The Labute approximate surface area is 787 Å². The van der Waals surface area contributed by atoms with Gasteiger partial charge in [0.25, 0.3) is 0 Å². The highest BCUT2D eigenvalue weighted by atomic mass is 32.2. The maximum Gasteiger partial charge on any atom is 0.488 e. The Morgan fingerprint density at radius 1 is 0.254 bits per heavy atom. The first-order chi connectivity index (χ1) is 66.9. The van der Waals surface area contributed by atoms with Gasteiger partial charge >= 0.3 is 40.5 Å². The van der Waals surface area contributed by atoms with Gasteiger partial charge in [0.15, 0.2) is 40.7 Å². The summed E-state index contributed by atoms with van der Waals surface area (Å²) in [6.45, 7) is 0. The molecule has 0 aliphatic heterocycles. The molecule has 0 amide bonds. The largest absolute Gasteiger partial charge is 0.488 e. The zero-order valence-corrected chi connectivity index (χ0v) is 73.6. The maximum atomic E-state index is 14.6. The Hall–Kier alpha value is -16.4. The number of nitrogens with zero attached hydrogens (tertiary/aromatic N) is 6. The minimum atomic E-state index is -7.46. The second-order valence-electron chi connectivity index (χ2n) is 33.7. The van der Waals surface area contributed by atoms with Gasteiger partial charge in [0, 0.05) is 38.9 Å². The van der Waals surface area contributed by atoms with Crippen LogP contribution in [0.5, 0.6) is 5.75 Å². The zero-order chi connectivity index (χ0) is 94.9. The second-order valence-corrected chi connectivity index (χ2v) is 35.2. The molecule has 23 rings (SSSR count). The summed E-state index contributed by atoms with van der Waals surface area (Å²) in [6, 6.07) is 143. The predicted octanol–water partition coefficient (Wildman–Crippen LogP) is 27.3. The summed E-state index contributed by atoms with van der Waals surface area (Å²) in [7, 11) is -8.72. The number of rotatable bonds is 17. The molecule has 0 saturated carbocycles. The fourth-order valence-corrected chi connectivity index (χ4v) is 20.4. The standard InChI is InChI=1S/C56H35N3.C35H20F9N3O3S.C25H19BO2/c1-3-16-38(17-4-1)53-57-54(39-18-5-2-6-19-39)59-55(58-53)40-29-27-37(28-30-40)52-42-20-8-7-15-36(42)31-33-43(52)41-32-34-47-46-23-11-14-26-50(46)56(51(47)35-41)48-24-12-9-21-44(48)45-22-10-13-25-49(45)56;36-32(37,34(40,41)42)33(38,39)35(43,44)51(48,49)50-27-20-19-21-9-7-8-14-26(21)28(27)22-15-17-25(18-16-22)31-46-29(23-10-3-1-4-11-23)45-30(47-31)24-12-5-2-6-13-24;27-26(28)20-15-16-22-21-13-7-8-14-23(21)25(24(22)17-20,18-9-3-1-4-10-18)19-11-5-2-6-12-19/h1-35H;1-20H;1-17,27-28H. The molecule has 2 N–H and O–H groups in total. The van der Waals surface area contributed by atoms with E-state index in [9.17, 15) is 58.0 Å². The molecule has 0 bridgehead atoms. The lowest BCUT2D eigenvalue weighted by Crippen LogP contribution is -2.63. The Morgan fingerprint density at radius 3 is 0.935 bits per heavy atom.